The number of aromatic nitrogens is 1. The van der Waals surface area contributed by atoms with E-state index in [1.807, 2.05) is 0 Å². The maximum Gasteiger partial charge on any atom is 0.344 e. The fourth-order valence-electron chi connectivity index (χ4n) is 4.54. The zero-order valence-corrected chi connectivity index (χ0v) is 20.9. The second-order valence-electron chi connectivity index (χ2n) is 8.17. The molecule has 3 atom stereocenters. The predicted molar refractivity (Wildman–Crippen MR) is 134 cm³/mol. The Kier molecular flexibility index (Phi) is 6.56. The molecule has 2 aliphatic rings. The van der Waals surface area contributed by atoms with Crippen molar-refractivity contribution in [3.05, 3.63) is 78.8 Å². The van der Waals surface area contributed by atoms with Crippen molar-refractivity contribution in [2.45, 2.75) is 23.1 Å². The molecule has 1 saturated heterocycles. The van der Waals surface area contributed by atoms with Crippen LogP contribution in [-0.2, 0) is 19.1 Å². The SMILES string of the molecule is CCOC(=O)COc1ccccc1[C@@H]1c2sc(=O)[nH]c2S[C@H]2C(=O)N(c3ccc([N+](=O)[O-])cc3)C(=O)[C@@H]12. The van der Waals surface area contributed by atoms with Gasteiger partial charge in [0.25, 0.3) is 5.69 Å². The first kappa shape index (κ1) is 24.7. The van der Waals surface area contributed by atoms with Crippen LogP contribution in [0.4, 0.5) is 11.4 Å². The largest absolute Gasteiger partial charge is 0.482 e. The van der Waals surface area contributed by atoms with Gasteiger partial charge in [0.15, 0.2) is 6.61 Å². The molecule has 2 amide bonds. The molecular weight excluding hydrogens is 522 g/mol. The van der Waals surface area contributed by atoms with Gasteiger partial charge in [0.2, 0.25) is 11.8 Å². The van der Waals surface area contributed by atoms with Crippen LogP contribution in [0.1, 0.15) is 23.3 Å². The van der Waals surface area contributed by atoms with Crippen molar-refractivity contribution in [2.24, 2.45) is 5.92 Å². The van der Waals surface area contributed by atoms with E-state index in [9.17, 15) is 29.3 Å². The van der Waals surface area contributed by atoms with Gasteiger partial charge in [-0.05, 0) is 25.1 Å². The first-order chi connectivity index (χ1) is 17.8. The summed E-state index contributed by atoms with van der Waals surface area (Å²) in [5.74, 6) is -2.79. The Labute approximate surface area is 217 Å². The number of imide groups is 1. The van der Waals surface area contributed by atoms with Crippen LogP contribution in [0.25, 0.3) is 0 Å². The van der Waals surface area contributed by atoms with Crippen molar-refractivity contribution in [2.75, 3.05) is 18.1 Å². The van der Waals surface area contributed by atoms with E-state index in [1.165, 1.54) is 24.3 Å². The number of rotatable bonds is 7. The van der Waals surface area contributed by atoms with E-state index in [-0.39, 0.29) is 29.5 Å². The highest BCUT2D eigenvalue weighted by Gasteiger charge is 2.56. The van der Waals surface area contributed by atoms with Crippen molar-refractivity contribution in [3.8, 4) is 5.75 Å². The lowest BCUT2D eigenvalue weighted by Gasteiger charge is -2.30. The molecule has 1 N–H and O–H groups in total. The number of thioether (sulfide) groups is 1. The zero-order valence-electron chi connectivity index (χ0n) is 19.2. The van der Waals surface area contributed by atoms with Gasteiger partial charge >= 0.3 is 10.8 Å². The highest BCUT2D eigenvalue weighted by atomic mass is 32.2. The molecule has 0 radical (unpaired) electrons. The number of nitro groups is 1. The Morgan fingerprint density at radius 2 is 1.84 bits per heavy atom. The molecular formula is C24H19N3O8S2. The molecule has 0 unspecified atom stereocenters. The van der Waals surface area contributed by atoms with Crippen LogP contribution in [-0.4, -0.2) is 46.2 Å². The molecule has 37 heavy (non-hydrogen) atoms. The summed E-state index contributed by atoms with van der Waals surface area (Å²) in [7, 11) is 0. The van der Waals surface area contributed by atoms with Crippen molar-refractivity contribution in [1.82, 2.24) is 4.98 Å². The van der Waals surface area contributed by atoms with Crippen molar-refractivity contribution >= 4 is 52.3 Å². The van der Waals surface area contributed by atoms with Crippen LogP contribution in [0.2, 0.25) is 0 Å². The first-order valence-corrected chi connectivity index (χ1v) is 12.9. The number of nitro benzene ring substituents is 1. The standard InChI is InChI=1S/C24H19N3O8S2/c1-2-34-16(28)11-35-15-6-4-3-5-14(15)17-18-20(36-21-19(17)37-24(31)25-21)23(30)26(22(18)29)12-7-9-13(10-8-12)27(32)33/h3-10,17-18,20H,2,11H2,1H3,(H,25,31)/t17-,18-,20+/m0/s1. The number of hydrogen-bond donors (Lipinski definition) is 1. The number of carbonyl (C=O) groups excluding carboxylic acids is 3. The molecule has 0 spiro atoms. The summed E-state index contributed by atoms with van der Waals surface area (Å²) in [6.07, 6.45) is 0. The number of anilines is 1. The maximum atomic E-state index is 13.8. The van der Waals surface area contributed by atoms with Crippen LogP contribution >= 0.6 is 23.1 Å². The number of para-hydroxylation sites is 1. The molecule has 1 fully saturated rings. The minimum Gasteiger partial charge on any atom is -0.482 e. The van der Waals surface area contributed by atoms with Crippen LogP contribution < -0.4 is 14.5 Å². The summed E-state index contributed by atoms with van der Waals surface area (Å²) in [4.78, 5) is 66.0. The number of aromatic amines is 1. The van der Waals surface area contributed by atoms with Gasteiger partial charge in [-0.3, -0.25) is 24.5 Å². The highest BCUT2D eigenvalue weighted by molar-refractivity contribution is 8.00. The summed E-state index contributed by atoms with van der Waals surface area (Å²) in [5.41, 5.74) is 0.600. The molecule has 2 aliphatic heterocycles. The van der Waals surface area contributed by atoms with Gasteiger partial charge in [0.1, 0.15) is 11.0 Å². The third kappa shape index (κ3) is 4.40. The second-order valence-corrected chi connectivity index (χ2v) is 10.3. The summed E-state index contributed by atoms with van der Waals surface area (Å²) < 4.78 is 10.7. The van der Waals surface area contributed by atoms with Crippen molar-refractivity contribution in [1.29, 1.82) is 0 Å². The smallest absolute Gasteiger partial charge is 0.344 e. The number of non-ortho nitro benzene ring substituents is 1. The normalized spacial score (nSPS) is 20.4. The second kappa shape index (κ2) is 9.82. The molecule has 1 aromatic heterocycles. The number of carbonyl (C=O) groups is 3. The van der Waals surface area contributed by atoms with Crippen LogP contribution in [0.3, 0.4) is 0 Å². The Balaban J connectivity index is 1.56. The molecule has 0 saturated carbocycles. The predicted octanol–water partition coefficient (Wildman–Crippen LogP) is 3.08. The molecule has 5 rings (SSSR count). The number of benzene rings is 2. The maximum absolute atomic E-state index is 13.8. The number of esters is 1. The summed E-state index contributed by atoms with van der Waals surface area (Å²) in [5, 5.41) is 10.7. The number of hydrogen-bond acceptors (Lipinski definition) is 10. The number of thiazole rings is 1. The molecule has 3 aromatic rings. The van der Waals surface area contributed by atoms with Crippen molar-refractivity contribution in [3.63, 3.8) is 0 Å². The van der Waals surface area contributed by atoms with Gasteiger partial charge in [-0.2, -0.15) is 0 Å². The van der Waals surface area contributed by atoms with Gasteiger partial charge < -0.3 is 14.5 Å². The average Bonchev–Trinajstić information content (AvgIpc) is 3.37. The molecule has 0 aliphatic carbocycles. The third-order valence-corrected chi connectivity index (χ3v) is 8.45. The van der Waals surface area contributed by atoms with E-state index >= 15 is 0 Å². The van der Waals surface area contributed by atoms with E-state index < -0.39 is 39.8 Å². The van der Waals surface area contributed by atoms with Crippen LogP contribution in [0, 0.1) is 16.0 Å². The monoisotopic (exact) mass is 541 g/mol. The minimum absolute atomic E-state index is 0.167. The first-order valence-electron chi connectivity index (χ1n) is 11.2. The third-order valence-electron chi connectivity index (χ3n) is 6.05. The lowest BCUT2D eigenvalue weighted by Crippen LogP contribution is -2.32. The van der Waals surface area contributed by atoms with Gasteiger partial charge in [0.05, 0.1) is 28.2 Å². The van der Waals surface area contributed by atoms with E-state index in [1.54, 1.807) is 31.2 Å². The molecule has 13 heteroatoms. The number of fused-ring (bicyclic) bond motifs is 2. The molecule has 0 bridgehead atoms. The number of ether oxygens (including phenoxy) is 2. The number of amides is 2. The van der Waals surface area contributed by atoms with E-state index in [4.69, 9.17) is 9.47 Å². The summed E-state index contributed by atoms with van der Waals surface area (Å²) in [6.45, 7) is 1.53. The van der Waals surface area contributed by atoms with Gasteiger partial charge in [-0.1, -0.05) is 41.3 Å². The topological polar surface area (TPSA) is 149 Å². The molecule has 11 nitrogen and oxygen atoms in total. The van der Waals surface area contributed by atoms with Crippen LogP contribution in [0.5, 0.6) is 5.75 Å². The highest BCUT2D eigenvalue weighted by Crippen LogP contribution is 2.54. The van der Waals surface area contributed by atoms with E-state index in [0.29, 0.717) is 21.2 Å². The van der Waals surface area contributed by atoms with E-state index in [0.717, 1.165) is 28.0 Å². The van der Waals surface area contributed by atoms with Gasteiger partial charge in [-0.15, -0.1) is 0 Å². The van der Waals surface area contributed by atoms with Crippen LogP contribution in [0.15, 0.2) is 58.4 Å². The fourth-order valence-corrected chi connectivity index (χ4v) is 7.04. The summed E-state index contributed by atoms with van der Waals surface area (Å²) >= 11 is 2.07. The zero-order chi connectivity index (χ0) is 26.3. The average molecular weight is 542 g/mol. The van der Waals surface area contributed by atoms with Gasteiger partial charge in [0, 0.05) is 28.5 Å². The summed E-state index contributed by atoms with van der Waals surface area (Å²) in [6, 6.07) is 12.0. The van der Waals surface area contributed by atoms with Crippen molar-refractivity contribution < 1.29 is 28.8 Å². The number of nitrogens with zero attached hydrogens (tertiary/aromatic N) is 2. The van der Waals surface area contributed by atoms with E-state index in [2.05, 4.69) is 4.98 Å². The molecule has 2 aromatic carbocycles. The number of nitrogens with one attached hydrogen (secondary N) is 1. The Bertz CT molecular complexity index is 1470. The molecule has 190 valence electrons. The lowest BCUT2D eigenvalue weighted by molar-refractivity contribution is -0.384. The Hall–Kier alpha value is -3.97. The Morgan fingerprint density at radius 1 is 1.11 bits per heavy atom. The minimum atomic E-state index is -0.876. The Morgan fingerprint density at radius 3 is 2.54 bits per heavy atom. The lowest BCUT2D eigenvalue weighted by atomic mass is 9.82. The number of H-pyrrole nitrogens is 1. The van der Waals surface area contributed by atoms with Gasteiger partial charge in [-0.25, -0.2) is 9.69 Å². The fraction of sp³-hybridized carbons (Fsp3) is 0.250. The quantitative estimate of drug-likeness (QED) is 0.206. The molecule has 3 heterocycles.